The van der Waals surface area contributed by atoms with Gasteiger partial charge in [0.15, 0.2) is 0 Å². The fourth-order valence-electron chi connectivity index (χ4n) is 3.24. The minimum Gasteiger partial charge on any atom is -0.388 e. The van der Waals surface area contributed by atoms with Crippen LogP contribution in [0.5, 0.6) is 0 Å². The Hall–Kier alpha value is -1.06. The van der Waals surface area contributed by atoms with Gasteiger partial charge in [-0.05, 0) is 56.0 Å². The molecular formula is C18H30N2O. The molecule has 0 aromatic heterocycles. The van der Waals surface area contributed by atoms with Crippen LogP contribution in [0.2, 0.25) is 0 Å². The van der Waals surface area contributed by atoms with Crippen molar-refractivity contribution in [2.75, 3.05) is 25.0 Å². The van der Waals surface area contributed by atoms with Crippen LogP contribution in [0.15, 0.2) is 18.2 Å². The van der Waals surface area contributed by atoms with E-state index in [-0.39, 0.29) is 0 Å². The third-order valence-corrected chi connectivity index (χ3v) is 4.57. The second-order valence-corrected chi connectivity index (χ2v) is 6.58. The topological polar surface area (TPSA) is 35.5 Å². The van der Waals surface area contributed by atoms with Gasteiger partial charge in [0.1, 0.15) is 0 Å². The van der Waals surface area contributed by atoms with E-state index in [0.717, 1.165) is 45.3 Å². The van der Waals surface area contributed by atoms with Gasteiger partial charge < -0.3 is 15.3 Å². The van der Waals surface area contributed by atoms with Crippen LogP contribution in [0.4, 0.5) is 5.69 Å². The summed E-state index contributed by atoms with van der Waals surface area (Å²) in [5.74, 6) is 0. The molecule has 0 unspecified atom stereocenters. The summed E-state index contributed by atoms with van der Waals surface area (Å²) in [6.45, 7) is 7.10. The molecule has 1 fully saturated rings. The number of anilines is 1. The van der Waals surface area contributed by atoms with Crippen LogP contribution in [0.3, 0.4) is 0 Å². The lowest BCUT2D eigenvalue weighted by Crippen LogP contribution is -2.39. The van der Waals surface area contributed by atoms with E-state index in [1.807, 2.05) is 0 Å². The fraction of sp³-hybridized carbons (Fsp3) is 0.667. The lowest BCUT2D eigenvalue weighted by atomic mass is 10.0. The number of aliphatic hydroxyl groups is 1. The zero-order valence-corrected chi connectivity index (χ0v) is 13.8. The van der Waals surface area contributed by atoms with Gasteiger partial charge in [-0.3, -0.25) is 0 Å². The standard InChI is InChI=1S/C18H30N2O/c1-4-11-19-13-16-7-8-17(12-15(16)2)20(3)14-18(21)9-5-6-10-18/h7-8,12,19,21H,4-6,9-11,13-14H2,1-3H3. The Morgan fingerprint density at radius 3 is 2.62 bits per heavy atom. The Labute approximate surface area is 129 Å². The van der Waals surface area contributed by atoms with E-state index in [2.05, 4.69) is 49.3 Å². The predicted octanol–water partition coefficient (Wildman–Crippen LogP) is 3.24. The Bertz CT molecular complexity index is 453. The molecule has 0 heterocycles. The van der Waals surface area contributed by atoms with E-state index < -0.39 is 5.60 Å². The molecule has 1 saturated carbocycles. The molecule has 3 heteroatoms. The van der Waals surface area contributed by atoms with Crippen molar-refractivity contribution in [3.05, 3.63) is 29.3 Å². The maximum atomic E-state index is 10.5. The predicted molar refractivity (Wildman–Crippen MR) is 89.9 cm³/mol. The average molecular weight is 290 g/mol. The van der Waals surface area contributed by atoms with Crippen molar-refractivity contribution < 1.29 is 5.11 Å². The second-order valence-electron chi connectivity index (χ2n) is 6.58. The van der Waals surface area contributed by atoms with Crippen LogP contribution in [-0.4, -0.2) is 30.8 Å². The molecule has 118 valence electrons. The number of nitrogens with one attached hydrogen (secondary N) is 1. The number of rotatable bonds is 7. The van der Waals surface area contributed by atoms with Crippen molar-refractivity contribution in [2.24, 2.45) is 0 Å². The maximum absolute atomic E-state index is 10.5. The van der Waals surface area contributed by atoms with Gasteiger partial charge in [-0.1, -0.05) is 25.8 Å². The first kappa shape index (κ1) is 16.3. The second kappa shape index (κ2) is 7.28. The summed E-state index contributed by atoms with van der Waals surface area (Å²) in [6, 6.07) is 6.62. The molecule has 0 saturated heterocycles. The lowest BCUT2D eigenvalue weighted by molar-refractivity contribution is 0.0559. The lowest BCUT2D eigenvalue weighted by Gasteiger charge is -2.30. The molecule has 3 nitrogen and oxygen atoms in total. The van der Waals surface area contributed by atoms with Crippen LogP contribution in [0.1, 0.15) is 50.2 Å². The van der Waals surface area contributed by atoms with Crippen LogP contribution >= 0.6 is 0 Å². The number of hydrogen-bond acceptors (Lipinski definition) is 3. The summed E-state index contributed by atoms with van der Waals surface area (Å²) < 4.78 is 0. The number of likely N-dealkylation sites (N-methyl/N-ethyl adjacent to an activating group) is 1. The van der Waals surface area contributed by atoms with E-state index in [4.69, 9.17) is 0 Å². The normalized spacial score (nSPS) is 17.1. The van der Waals surface area contributed by atoms with Crippen molar-refractivity contribution in [3.8, 4) is 0 Å². The molecule has 0 radical (unpaired) electrons. The van der Waals surface area contributed by atoms with Crippen molar-refractivity contribution >= 4 is 5.69 Å². The van der Waals surface area contributed by atoms with Crippen molar-refractivity contribution in [3.63, 3.8) is 0 Å². The number of hydrogen-bond donors (Lipinski definition) is 2. The zero-order valence-electron chi connectivity index (χ0n) is 13.8. The van der Waals surface area contributed by atoms with Gasteiger partial charge in [0, 0.05) is 25.8 Å². The molecule has 0 amide bonds. The Kier molecular flexibility index (Phi) is 5.65. The molecule has 2 rings (SSSR count). The molecule has 1 aromatic carbocycles. The van der Waals surface area contributed by atoms with Crippen LogP contribution in [-0.2, 0) is 6.54 Å². The molecule has 2 N–H and O–H groups in total. The molecule has 0 aliphatic heterocycles. The summed E-state index contributed by atoms with van der Waals surface area (Å²) in [6.07, 6.45) is 5.36. The monoisotopic (exact) mass is 290 g/mol. The van der Waals surface area contributed by atoms with Crippen molar-refractivity contribution in [2.45, 2.75) is 58.1 Å². The van der Waals surface area contributed by atoms with Gasteiger partial charge in [-0.15, -0.1) is 0 Å². The first-order valence-electron chi connectivity index (χ1n) is 8.28. The Morgan fingerprint density at radius 1 is 1.29 bits per heavy atom. The molecule has 1 aliphatic carbocycles. The third kappa shape index (κ3) is 4.45. The number of benzene rings is 1. The maximum Gasteiger partial charge on any atom is 0.0821 e. The Morgan fingerprint density at radius 2 is 2.00 bits per heavy atom. The summed E-state index contributed by atoms with van der Waals surface area (Å²) in [5, 5.41) is 14.0. The zero-order chi connectivity index (χ0) is 15.3. The summed E-state index contributed by atoms with van der Waals surface area (Å²) in [4.78, 5) is 2.20. The minimum absolute atomic E-state index is 0.482. The fourth-order valence-corrected chi connectivity index (χ4v) is 3.24. The van der Waals surface area contributed by atoms with E-state index in [0.29, 0.717) is 0 Å². The summed E-state index contributed by atoms with van der Waals surface area (Å²) in [7, 11) is 2.08. The van der Waals surface area contributed by atoms with Gasteiger partial charge in [0.05, 0.1) is 5.60 Å². The summed E-state index contributed by atoms with van der Waals surface area (Å²) in [5.41, 5.74) is 3.40. The third-order valence-electron chi connectivity index (χ3n) is 4.57. The highest BCUT2D eigenvalue weighted by atomic mass is 16.3. The molecule has 1 aliphatic rings. The molecule has 0 atom stereocenters. The van der Waals surface area contributed by atoms with Gasteiger partial charge >= 0.3 is 0 Å². The largest absolute Gasteiger partial charge is 0.388 e. The first-order valence-corrected chi connectivity index (χ1v) is 8.28. The van der Waals surface area contributed by atoms with Crippen LogP contribution in [0, 0.1) is 6.92 Å². The smallest absolute Gasteiger partial charge is 0.0821 e. The highest BCUT2D eigenvalue weighted by Gasteiger charge is 2.32. The van der Waals surface area contributed by atoms with E-state index in [1.165, 1.54) is 23.2 Å². The number of aryl methyl sites for hydroxylation is 1. The molecule has 1 aromatic rings. The Balaban J connectivity index is 1.98. The van der Waals surface area contributed by atoms with Crippen molar-refractivity contribution in [1.29, 1.82) is 0 Å². The molecule has 21 heavy (non-hydrogen) atoms. The highest BCUT2D eigenvalue weighted by molar-refractivity contribution is 5.50. The van der Waals surface area contributed by atoms with Crippen molar-refractivity contribution in [1.82, 2.24) is 5.32 Å². The van der Waals surface area contributed by atoms with E-state index in [9.17, 15) is 5.11 Å². The molecular weight excluding hydrogens is 260 g/mol. The quantitative estimate of drug-likeness (QED) is 0.757. The SMILES string of the molecule is CCCNCc1ccc(N(C)CC2(O)CCCC2)cc1C. The van der Waals surface area contributed by atoms with Gasteiger partial charge in [0.2, 0.25) is 0 Å². The average Bonchev–Trinajstić information content (AvgIpc) is 2.87. The molecule has 0 spiro atoms. The summed E-state index contributed by atoms with van der Waals surface area (Å²) >= 11 is 0. The minimum atomic E-state index is -0.482. The van der Waals surface area contributed by atoms with Gasteiger partial charge in [0.25, 0.3) is 0 Å². The first-order chi connectivity index (χ1) is 10.0. The molecule has 0 bridgehead atoms. The van der Waals surface area contributed by atoms with Crippen LogP contribution < -0.4 is 10.2 Å². The van der Waals surface area contributed by atoms with Gasteiger partial charge in [-0.25, -0.2) is 0 Å². The van der Waals surface area contributed by atoms with Gasteiger partial charge in [-0.2, -0.15) is 0 Å². The number of nitrogens with zero attached hydrogens (tertiary/aromatic N) is 1. The highest BCUT2D eigenvalue weighted by Crippen LogP contribution is 2.31. The van der Waals surface area contributed by atoms with E-state index in [1.54, 1.807) is 0 Å². The van der Waals surface area contributed by atoms with Crippen LogP contribution in [0.25, 0.3) is 0 Å². The van der Waals surface area contributed by atoms with E-state index >= 15 is 0 Å².